The van der Waals surface area contributed by atoms with Crippen LogP contribution >= 0.6 is 0 Å². The molecular weight excluding hydrogens is 220 g/mol. The standard InChI is InChI=1S/C17H30O/c1-2-6-14-9-11-15(12-10-14)13-17(18)16-7-4-3-5-8-16/h14-16H,2-13H2,1H3. The number of rotatable bonds is 5. The van der Waals surface area contributed by atoms with Crippen molar-refractivity contribution in [2.24, 2.45) is 17.8 Å². The molecule has 104 valence electrons. The van der Waals surface area contributed by atoms with Crippen molar-refractivity contribution in [2.75, 3.05) is 0 Å². The van der Waals surface area contributed by atoms with Gasteiger partial charge in [-0.1, -0.05) is 51.9 Å². The van der Waals surface area contributed by atoms with Crippen LogP contribution in [-0.4, -0.2) is 5.78 Å². The largest absolute Gasteiger partial charge is 0.299 e. The van der Waals surface area contributed by atoms with Crippen LogP contribution in [0.3, 0.4) is 0 Å². The lowest BCUT2D eigenvalue weighted by molar-refractivity contribution is -0.125. The van der Waals surface area contributed by atoms with Crippen LogP contribution in [0.25, 0.3) is 0 Å². The van der Waals surface area contributed by atoms with E-state index in [-0.39, 0.29) is 0 Å². The van der Waals surface area contributed by atoms with Gasteiger partial charge in [0.05, 0.1) is 0 Å². The second-order valence-electron chi connectivity index (χ2n) is 6.68. The zero-order valence-electron chi connectivity index (χ0n) is 12.1. The van der Waals surface area contributed by atoms with E-state index < -0.39 is 0 Å². The molecule has 0 bridgehead atoms. The van der Waals surface area contributed by atoms with Crippen molar-refractivity contribution in [3.63, 3.8) is 0 Å². The molecule has 2 rings (SSSR count). The molecule has 0 N–H and O–H groups in total. The lowest BCUT2D eigenvalue weighted by atomic mass is 9.76. The third-order valence-corrected chi connectivity index (χ3v) is 5.21. The molecule has 1 heteroatoms. The Bertz CT molecular complexity index is 244. The maximum atomic E-state index is 12.3. The summed E-state index contributed by atoms with van der Waals surface area (Å²) in [5.74, 6) is 2.74. The summed E-state index contributed by atoms with van der Waals surface area (Å²) < 4.78 is 0. The molecule has 0 saturated heterocycles. The highest BCUT2D eigenvalue weighted by Crippen LogP contribution is 2.35. The SMILES string of the molecule is CCCC1CCC(CC(=O)C2CCCCC2)CC1. The minimum atomic E-state index is 0.437. The van der Waals surface area contributed by atoms with Crippen molar-refractivity contribution in [1.29, 1.82) is 0 Å². The minimum absolute atomic E-state index is 0.437. The summed E-state index contributed by atoms with van der Waals surface area (Å²) in [5, 5.41) is 0. The lowest BCUT2D eigenvalue weighted by Gasteiger charge is -2.29. The van der Waals surface area contributed by atoms with Crippen molar-refractivity contribution in [3.05, 3.63) is 0 Å². The molecule has 18 heavy (non-hydrogen) atoms. The van der Waals surface area contributed by atoms with E-state index in [1.165, 1.54) is 70.6 Å². The zero-order chi connectivity index (χ0) is 12.8. The first kappa shape index (κ1) is 14.1. The van der Waals surface area contributed by atoms with E-state index in [2.05, 4.69) is 6.92 Å². The molecule has 0 unspecified atom stereocenters. The van der Waals surface area contributed by atoms with Crippen molar-refractivity contribution >= 4 is 5.78 Å². The highest BCUT2D eigenvalue weighted by molar-refractivity contribution is 5.81. The molecule has 2 fully saturated rings. The van der Waals surface area contributed by atoms with Crippen molar-refractivity contribution < 1.29 is 4.79 Å². The van der Waals surface area contributed by atoms with Gasteiger partial charge in [0, 0.05) is 12.3 Å². The van der Waals surface area contributed by atoms with E-state index in [1.807, 2.05) is 0 Å². The molecule has 0 aromatic rings. The highest BCUT2D eigenvalue weighted by atomic mass is 16.1. The molecular formula is C17H30O. The summed E-state index contributed by atoms with van der Waals surface area (Å²) >= 11 is 0. The van der Waals surface area contributed by atoms with Crippen molar-refractivity contribution in [1.82, 2.24) is 0 Å². The van der Waals surface area contributed by atoms with Gasteiger partial charge in [0.2, 0.25) is 0 Å². The van der Waals surface area contributed by atoms with Gasteiger partial charge in [0.15, 0.2) is 0 Å². The summed E-state index contributed by atoms with van der Waals surface area (Å²) in [6.07, 6.45) is 15.4. The van der Waals surface area contributed by atoms with Crippen LogP contribution < -0.4 is 0 Å². The fourth-order valence-corrected chi connectivity index (χ4v) is 4.01. The Kier molecular flexibility index (Phi) is 5.72. The van der Waals surface area contributed by atoms with Gasteiger partial charge in [-0.05, 0) is 37.5 Å². The van der Waals surface area contributed by atoms with E-state index in [0.29, 0.717) is 11.7 Å². The Balaban J connectivity index is 1.68. The van der Waals surface area contributed by atoms with Crippen LogP contribution in [-0.2, 0) is 4.79 Å². The van der Waals surface area contributed by atoms with E-state index in [1.54, 1.807) is 0 Å². The molecule has 0 aromatic carbocycles. The lowest BCUT2D eigenvalue weighted by Crippen LogP contribution is -2.23. The number of carbonyl (C=O) groups excluding carboxylic acids is 1. The Hall–Kier alpha value is -0.330. The summed E-state index contributed by atoms with van der Waals surface area (Å²) in [6.45, 7) is 2.29. The van der Waals surface area contributed by atoms with Crippen LogP contribution in [0.5, 0.6) is 0 Å². The minimum Gasteiger partial charge on any atom is -0.299 e. The second kappa shape index (κ2) is 7.31. The fraction of sp³-hybridized carbons (Fsp3) is 0.941. The topological polar surface area (TPSA) is 17.1 Å². The number of hydrogen-bond donors (Lipinski definition) is 0. The van der Waals surface area contributed by atoms with Gasteiger partial charge in [-0.15, -0.1) is 0 Å². The average Bonchev–Trinajstić information content (AvgIpc) is 2.42. The molecule has 2 aliphatic rings. The molecule has 0 heterocycles. The normalized spacial score (nSPS) is 30.3. The highest BCUT2D eigenvalue weighted by Gasteiger charge is 2.26. The summed E-state index contributed by atoms with van der Waals surface area (Å²) in [5.41, 5.74) is 0. The van der Waals surface area contributed by atoms with Crippen molar-refractivity contribution in [3.8, 4) is 0 Å². The zero-order valence-corrected chi connectivity index (χ0v) is 12.1. The molecule has 2 aliphatic carbocycles. The Labute approximate surface area is 113 Å². The summed E-state index contributed by atoms with van der Waals surface area (Å²) in [4.78, 5) is 12.3. The van der Waals surface area contributed by atoms with E-state index in [0.717, 1.165) is 18.3 Å². The van der Waals surface area contributed by atoms with Gasteiger partial charge in [0.1, 0.15) is 5.78 Å². The van der Waals surface area contributed by atoms with Crippen LogP contribution in [0.2, 0.25) is 0 Å². The van der Waals surface area contributed by atoms with E-state index in [9.17, 15) is 4.79 Å². The molecule has 0 aliphatic heterocycles. The first-order valence-electron chi connectivity index (χ1n) is 8.32. The summed E-state index contributed by atoms with van der Waals surface area (Å²) in [7, 11) is 0. The maximum Gasteiger partial charge on any atom is 0.136 e. The number of Topliss-reactive ketones (excluding diaryl/α,β-unsaturated/α-hetero) is 1. The quantitative estimate of drug-likeness (QED) is 0.661. The van der Waals surface area contributed by atoms with Crippen LogP contribution in [0.4, 0.5) is 0 Å². The van der Waals surface area contributed by atoms with Crippen LogP contribution in [0, 0.1) is 17.8 Å². The molecule has 0 radical (unpaired) electrons. The Morgan fingerprint density at radius 1 is 0.889 bits per heavy atom. The third kappa shape index (κ3) is 4.10. The number of carbonyl (C=O) groups is 1. The average molecular weight is 250 g/mol. The first-order valence-corrected chi connectivity index (χ1v) is 8.32. The fourth-order valence-electron chi connectivity index (χ4n) is 4.01. The first-order chi connectivity index (χ1) is 8.79. The number of hydrogen-bond acceptors (Lipinski definition) is 1. The molecule has 2 saturated carbocycles. The van der Waals surface area contributed by atoms with Gasteiger partial charge in [-0.2, -0.15) is 0 Å². The third-order valence-electron chi connectivity index (χ3n) is 5.21. The van der Waals surface area contributed by atoms with E-state index >= 15 is 0 Å². The monoisotopic (exact) mass is 250 g/mol. The second-order valence-corrected chi connectivity index (χ2v) is 6.68. The van der Waals surface area contributed by atoms with Gasteiger partial charge < -0.3 is 0 Å². The molecule has 0 spiro atoms. The van der Waals surface area contributed by atoms with Gasteiger partial charge in [-0.25, -0.2) is 0 Å². The Morgan fingerprint density at radius 3 is 2.11 bits per heavy atom. The molecule has 0 amide bonds. The van der Waals surface area contributed by atoms with E-state index in [4.69, 9.17) is 0 Å². The molecule has 0 aromatic heterocycles. The van der Waals surface area contributed by atoms with Gasteiger partial charge in [0.25, 0.3) is 0 Å². The van der Waals surface area contributed by atoms with Crippen LogP contribution in [0.1, 0.15) is 84.0 Å². The van der Waals surface area contributed by atoms with Crippen LogP contribution in [0.15, 0.2) is 0 Å². The summed E-state index contributed by atoms with van der Waals surface area (Å²) in [6, 6.07) is 0. The maximum absolute atomic E-state index is 12.3. The molecule has 1 nitrogen and oxygen atoms in total. The molecule has 0 atom stereocenters. The predicted molar refractivity (Wildman–Crippen MR) is 76.6 cm³/mol. The Morgan fingerprint density at radius 2 is 1.50 bits per heavy atom. The smallest absolute Gasteiger partial charge is 0.136 e. The number of ketones is 1. The van der Waals surface area contributed by atoms with Crippen molar-refractivity contribution in [2.45, 2.75) is 84.0 Å². The van der Waals surface area contributed by atoms with Gasteiger partial charge in [-0.3, -0.25) is 4.79 Å². The van der Waals surface area contributed by atoms with Gasteiger partial charge >= 0.3 is 0 Å². The predicted octanol–water partition coefficient (Wildman–Crippen LogP) is 5.13.